The zero-order valence-corrected chi connectivity index (χ0v) is 19.5. The van der Waals surface area contributed by atoms with E-state index in [-0.39, 0.29) is 30.3 Å². The summed E-state index contributed by atoms with van der Waals surface area (Å²) < 4.78 is 25.0. The quantitative estimate of drug-likeness (QED) is 0.663. The third-order valence-electron chi connectivity index (χ3n) is 8.12. The van der Waals surface area contributed by atoms with Crippen LogP contribution in [0.5, 0.6) is 11.5 Å². The smallest absolute Gasteiger partial charge is 0.250 e. The molecule has 1 spiro atoms. The summed E-state index contributed by atoms with van der Waals surface area (Å²) in [7, 11) is 3.11. The van der Waals surface area contributed by atoms with Crippen molar-refractivity contribution in [3.63, 3.8) is 0 Å². The molecule has 0 aromatic heterocycles. The molecule has 2 aromatic carbocycles. The van der Waals surface area contributed by atoms with Gasteiger partial charge in [0.2, 0.25) is 17.7 Å². The van der Waals surface area contributed by atoms with Crippen molar-refractivity contribution in [1.82, 2.24) is 9.80 Å². The van der Waals surface area contributed by atoms with Gasteiger partial charge in [-0.25, -0.2) is 4.39 Å². The molecular formula is C26H26FN3O5. The van der Waals surface area contributed by atoms with E-state index in [4.69, 9.17) is 9.47 Å². The van der Waals surface area contributed by atoms with Crippen LogP contribution in [0.2, 0.25) is 0 Å². The molecule has 9 heteroatoms. The van der Waals surface area contributed by atoms with Gasteiger partial charge < -0.3 is 14.8 Å². The number of hydrogen-bond acceptors (Lipinski definition) is 6. The van der Waals surface area contributed by atoms with Crippen molar-refractivity contribution in [2.75, 3.05) is 32.6 Å². The second-order valence-electron chi connectivity index (χ2n) is 9.58. The second kappa shape index (κ2) is 7.78. The standard InChI is InChI=1S/C26H26FN3O5/c1-34-19-8-5-14(12-20(19)35-2)9-11-29-23(31)21-18-4-3-10-30(18)26(22(21)24(29)32)16-13-15(27)6-7-17(16)28-25(26)33/h5-8,12-13,18,21-22H,3-4,9-11H2,1-2H3,(H,28,33)/t18-,21-,22+,26-/m1/s1. The van der Waals surface area contributed by atoms with Crippen LogP contribution in [-0.4, -0.2) is 60.9 Å². The van der Waals surface area contributed by atoms with Crippen molar-refractivity contribution < 1.29 is 28.2 Å². The Labute approximate surface area is 202 Å². The monoisotopic (exact) mass is 479 g/mol. The average molecular weight is 480 g/mol. The lowest BCUT2D eigenvalue weighted by Crippen LogP contribution is -2.54. The van der Waals surface area contributed by atoms with E-state index in [0.717, 1.165) is 18.4 Å². The number of benzene rings is 2. The fraction of sp³-hybridized carbons (Fsp3) is 0.423. The molecule has 6 rings (SSSR count). The van der Waals surface area contributed by atoms with Crippen LogP contribution < -0.4 is 14.8 Å². The highest BCUT2D eigenvalue weighted by Crippen LogP contribution is 2.60. The number of anilines is 1. The van der Waals surface area contributed by atoms with Gasteiger partial charge in [-0.3, -0.25) is 24.2 Å². The van der Waals surface area contributed by atoms with Crippen molar-refractivity contribution in [3.05, 3.63) is 53.3 Å². The fourth-order valence-electron chi connectivity index (χ4n) is 6.73. The third-order valence-corrected chi connectivity index (χ3v) is 8.12. The largest absolute Gasteiger partial charge is 0.493 e. The number of halogens is 1. The molecule has 4 aliphatic heterocycles. The molecule has 4 heterocycles. The molecule has 4 atom stereocenters. The number of hydrogen-bond donors (Lipinski definition) is 1. The van der Waals surface area contributed by atoms with Crippen LogP contribution in [0, 0.1) is 17.7 Å². The number of methoxy groups -OCH3 is 2. The Morgan fingerprint density at radius 2 is 1.86 bits per heavy atom. The molecule has 3 fully saturated rings. The van der Waals surface area contributed by atoms with Crippen LogP contribution in [0.15, 0.2) is 36.4 Å². The van der Waals surface area contributed by atoms with Gasteiger partial charge in [-0.2, -0.15) is 0 Å². The minimum Gasteiger partial charge on any atom is -0.493 e. The van der Waals surface area contributed by atoms with Crippen LogP contribution in [-0.2, 0) is 26.3 Å². The maximum absolute atomic E-state index is 14.3. The van der Waals surface area contributed by atoms with Gasteiger partial charge >= 0.3 is 0 Å². The molecule has 2 aromatic rings. The van der Waals surface area contributed by atoms with Crippen LogP contribution in [0.1, 0.15) is 24.0 Å². The summed E-state index contributed by atoms with van der Waals surface area (Å²) in [4.78, 5) is 44.3. The van der Waals surface area contributed by atoms with Crippen molar-refractivity contribution >= 4 is 23.4 Å². The zero-order valence-electron chi connectivity index (χ0n) is 19.5. The van der Waals surface area contributed by atoms with Crippen molar-refractivity contribution in [2.24, 2.45) is 11.8 Å². The SMILES string of the molecule is COc1ccc(CCN2C(=O)[C@@H]3[C@H]4CCCN4[C@@]4(C(=O)Nc5ccc(F)cc54)[C@@H]3C2=O)cc1OC. The highest BCUT2D eigenvalue weighted by Gasteiger charge is 2.74. The van der Waals surface area contributed by atoms with E-state index < -0.39 is 23.2 Å². The number of nitrogens with one attached hydrogen (secondary N) is 1. The Morgan fingerprint density at radius 3 is 2.63 bits per heavy atom. The van der Waals surface area contributed by atoms with E-state index in [1.54, 1.807) is 20.3 Å². The molecule has 0 unspecified atom stereocenters. The first-order valence-electron chi connectivity index (χ1n) is 11.9. The maximum atomic E-state index is 14.3. The molecular weight excluding hydrogens is 453 g/mol. The van der Waals surface area contributed by atoms with Gasteiger partial charge in [0, 0.05) is 23.8 Å². The van der Waals surface area contributed by atoms with E-state index in [0.29, 0.717) is 35.7 Å². The molecule has 8 nitrogen and oxygen atoms in total. The molecule has 0 bridgehead atoms. The molecule has 0 radical (unpaired) electrons. The maximum Gasteiger partial charge on any atom is 0.250 e. The highest BCUT2D eigenvalue weighted by atomic mass is 19.1. The third kappa shape index (κ3) is 2.84. The van der Waals surface area contributed by atoms with Gasteiger partial charge in [0.25, 0.3) is 0 Å². The van der Waals surface area contributed by atoms with E-state index >= 15 is 0 Å². The fourth-order valence-corrected chi connectivity index (χ4v) is 6.73. The van der Waals surface area contributed by atoms with Gasteiger partial charge in [-0.05, 0) is 61.7 Å². The van der Waals surface area contributed by atoms with Crippen molar-refractivity contribution in [2.45, 2.75) is 30.8 Å². The van der Waals surface area contributed by atoms with Crippen LogP contribution >= 0.6 is 0 Å². The Morgan fingerprint density at radius 1 is 1.06 bits per heavy atom. The summed E-state index contributed by atoms with van der Waals surface area (Å²) in [5.74, 6) is -1.73. The van der Waals surface area contributed by atoms with Crippen LogP contribution in [0.4, 0.5) is 10.1 Å². The van der Waals surface area contributed by atoms with Crippen molar-refractivity contribution in [1.29, 1.82) is 0 Å². The lowest BCUT2D eigenvalue weighted by molar-refractivity contribution is -0.145. The van der Waals surface area contributed by atoms with Gasteiger partial charge in [0.1, 0.15) is 11.4 Å². The molecule has 3 amide bonds. The first-order chi connectivity index (χ1) is 16.9. The zero-order chi connectivity index (χ0) is 24.5. The minimum absolute atomic E-state index is 0.195. The number of ether oxygens (including phenoxy) is 2. The molecule has 0 saturated carbocycles. The molecule has 3 saturated heterocycles. The lowest BCUT2D eigenvalue weighted by Gasteiger charge is -2.36. The Kier molecular flexibility index (Phi) is 4.90. The number of imide groups is 1. The Balaban J connectivity index is 1.35. The number of carbonyl (C=O) groups is 3. The number of nitrogens with zero attached hydrogens (tertiary/aromatic N) is 2. The minimum atomic E-state index is -1.35. The predicted molar refractivity (Wildman–Crippen MR) is 123 cm³/mol. The van der Waals surface area contributed by atoms with E-state index in [1.165, 1.54) is 23.1 Å². The van der Waals surface area contributed by atoms with E-state index in [1.807, 2.05) is 17.0 Å². The molecule has 182 valence electrons. The van der Waals surface area contributed by atoms with Crippen LogP contribution in [0.25, 0.3) is 0 Å². The van der Waals surface area contributed by atoms with Crippen LogP contribution in [0.3, 0.4) is 0 Å². The number of rotatable bonds is 5. The topological polar surface area (TPSA) is 88.2 Å². The summed E-state index contributed by atoms with van der Waals surface area (Å²) >= 11 is 0. The highest BCUT2D eigenvalue weighted by molar-refractivity contribution is 6.15. The number of fused-ring (bicyclic) bond motifs is 7. The summed E-state index contributed by atoms with van der Waals surface area (Å²) in [6.07, 6.45) is 1.99. The summed E-state index contributed by atoms with van der Waals surface area (Å²) in [5.41, 5.74) is 0.508. The summed E-state index contributed by atoms with van der Waals surface area (Å²) in [5, 5.41) is 2.86. The average Bonchev–Trinajstić information content (AvgIpc) is 3.56. The van der Waals surface area contributed by atoms with Gasteiger partial charge in [0.15, 0.2) is 11.5 Å². The van der Waals surface area contributed by atoms with E-state index in [9.17, 15) is 18.8 Å². The van der Waals surface area contributed by atoms with Gasteiger partial charge in [-0.15, -0.1) is 0 Å². The predicted octanol–water partition coefficient (Wildman–Crippen LogP) is 2.31. The number of amides is 3. The molecule has 4 aliphatic rings. The summed E-state index contributed by atoms with van der Waals surface area (Å²) in [6.45, 7) is 0.786. The first kappa shape index (κ1) is 22.0. The Hall–Kier alpha value is -3.46. The van der Waals surface area contributed by atoms with Gasteiger partial charge in [0.05, 0.1) is 26.1 Å². The second-order valence-corrected chi connectivity index (χ2v) is 9.58. The lowest BCUT2D eigenvalue weighted by atomic mass is 9.75. The number of carbonyl (C=O) groups excluding carboxylic acids is 3. The number of likely N-dealkylation sites (tertiary alicyclic amines) is 1. The van der Waals surface area contributed by atoms with Crippen molar-refractivity contribution in [3.8, 4) is 11.5 Å². The molecule has 35 heavy (non-hydrogen) atoms. The molecule has 0 aliphatic carbocycles. The molecule has 1 N–H and O–H groups in total. The van der Waals surface area contributed by atoms with Gasteiger partial charge in [-0.1, -0.05) is 6.07 Å². The first-order valence-corrected chi connectivity index (χ1v) is 11.9. The normalized spacial score (nSPS) is 28.9. The van der Waals surface area contributed by atoms with E-state index in [2.05, 4.69) is 5.32 Å². The summed E-state index contributed by atoms with van der Waals surface area (Å²) in [6, 6.07) is 9.44. The Bertz CT molecular complexity index is 1270.